The minimum atomic E-state index is -0.439. The molecular weight excluding hydrogens is 290 g/mol. The zero-order valence-corrected chi connectivity index (χ0v) is 10.6. The summed E-state index contributed by atoms with van der Waals surface area (Å²) in [7, 11) is 0. The van der Waals surface area contributed by atoms with Crippen LogP contribution in [0.3, 0.4) is 0 Å². The molecule has 1 fully saturated rings. The molecule has 7 heteroatoms. The van der Waals surface area contributed by atoms with Gasteiger partial charge in [0.2, 0.25) is 0 Å². The van der Waals surface area contributed by atoms with Gasteiger partial charge in [-0.3, -0.25) is 15.1 Å². The summed E-state index contributed by atoms with van der Waals surface area (Å²) in [5, 5.41) is 13.9. The van der Waals surface area contributed by atoms with Gasteiger partial charge in [0.15, 0.2) is 0 Å². The Kier molecular flexibility index (Phi) is 3.90. The van der Waals surface area contributed by atoms with Gasteiger partial charge in [-0.15, -0.1) is 0 Å². The Morgan fingerprint density at radius 2 is 2.47 bits per heavy atom. The van der Waals surface area contributed by atoms with Gasteiger partial charge in [-0.25, -0.2) is 0 Å². The number of rotatable bonds is 4. The Morgan fingerprint density at radius 1 is 1.65 bits per heavy atom. The third kappa shape index (κ3) is 2.92. The highest BCUT2D eigenvalue weighted by Gasteiger charge is 2.20. The lowest BCUT2D eigenvalue weighted by Gasteiger charge is -2.11. The normalized spacial score (nSPS) is 19.2. The average molecular weight is 302 g/mol. The highest BCUT2D eigenvalue weighted by molar-refractivity contribution is 9.10. The van der Waals surface area contributed by atoms with Crippen LogP contribution in [0.4, 0.5) is 11.4 Å². The maximum atomic E-state index is 10.9. The molecule has 2 rings (SSSR count). The second kappa shape index (κ2) is 5.42. The molecule has 0 amide bonds. The van der Waals surface area contributed by atoms with Gasteiger partial charge in [-0.05, 0) is 22.4 Å². The monoisotopic (exact) mass is 301 g/mol. The van der Waals surface area contributed by atoms with Crippen molar-refractivity contribution in [3.05, 3.63) is 27.0 Å². The summed E-state index contributed by atoms with van der Waals surface area (Å²) < 4.78 is 5.86. The number of nitro groups is 1. The predicted molar refractivity (Wildman–Crippen MR) is 66.0 cm³/mol. The van der Waals surface area contributed by atoms with Crippen molar-refractivity contribution in [3.8, 4) is 0 Å². The van der Waals surface area contributed by atoms with Gasteiger partial charge in [0.1, 0.15) is 11.9 Å². The largest absolute Gasteiger partial charge is 0.381 e. The zero-order chi connectivity index (χ0) is 12.3. The number of halogens is 1. The van der Waals surface area contributed by atoms with Crippen LogP contribution in [0.2, 0.25) is 0 Å². The van der Waals surface area contributed by atoms with E-state index in [1.807, 2.05) is 0 Å². The number of ether oxygens (including phenoxy) is 1. The molecule has 1 atom stereocenters. The minimum Gasteiger partial charge on any atom is -0.381 e. The van der Waals surface area contributed by atoms with E-state index >= 15 is 0 Å². The van der Waals surface area contributed by atoms with E-state index in [-0.39, 0.29) is 5.69 Å². The van der Waals surface area contributed by atoms with E-state index in [9.17, 15) is 10.1 Å². The number of hydrogen-bond acceptors (Lipinski definition) is 5. The molecule has 1 aromatic heterocycles. The summed E-state index contributed by atoms with van der Waals surface area (Å²) >= 11 is 3.26. The van der Waals surface area contributed by atoms with Crippen LogP contribution < -0.4 is 5.32 Å². The SMILES string of the molecule is O=[N+]([O-])c1cncc(Br)c1NCC1CCOC1. The quantitative estimate of drug-likeness (QED) is 0.681. The average Bonchev–Trinajstić information content (AvgIpc) is 2.80. The maximum absolute atomic E-state index is 10.9. The number of pyridine rings is 1. The molecule has 0 aromatic carbocycles. The first-order valence-corrected chi connectivity index (χ1v) is 6.07. The number of aromatic nitrogens is 1. The Labute approximate surface area is 107 Å². The van der Waals surface area contributed by atoms with E-state index in [0.717, 1.165) is 13.0 Å². The summed E-state index contributed by atoms with van der Waals surface area (Å²) in [5.74, 6) is 0.412. The summed E-state index contributed by atoms with van der Waals surface area (Å²) in [6.07, 6.45) is 3.78. The highest BCUT2D eigenvalue weighted by Crippen LogP contribution is 2.31. The number of nitrogens with one attached hydrogen (secondary N) is 1. The molecule has 0 aliphatic carbocycles. The van der Waals surface area contributed by atoms with Gasteiger partial charge in [0, 0.05) is 25.3 Å². The third-order valence-electron chi connectivity index (χ3n) is 2.67. The van der Waals surface area contributed by atoms with Crippen LogP contribution in [0.1, 0.15) is 6.42 Å². The van der Waals surface area contributed by atoms with Crippen LogP contribution in [0.15, 0.2) is 16.9 Å². The molecule has 6 nitrogen and oxygen atoms in total. The minimum absolute atomic E-state index is 0.0155. The van der Waals surface area contributed by atoms with Crippen molar-refractivity contribution < 1.29 is 9.66 Å². The van der Waals surface area contributed by atoms with Crippen molar-refractivity contribution in [2.45, 2.75) is 6.42 Å². The summed E-state index contributed by atoms with van der Waals surface area (Å²) in [6, 6.07) is 0. The summed E-state index contributed by atoms with van der Waals surface area (Å²) in [4.78, 5) is 14.2. The van der Waals surface area contributed by atoms with Gasteiger partial charge in [-0.2, -0.15) is 0 Å². The Balaban J connectivity index is 2.10. The Hall–Kier alpha value is -1.21. The molecule has 17 heavy (non-hydrogen) atoms. The third-order valence-corrected chi connectivity index (χ3v) is 3.27. The van der Waals surface area contributed by atoms with Crippen molar-refractivity contribution in [2.24, 2.45) is 5.92 Å². The van der Waals surface area contributed by atoms with Crippen LogP contribution in [0.25, 0.3) is 0 Å². The van der Waals surface area contributed by atoms with Gasteiger partial charge in [-0.1, -0.05) is 0 Å². The fourth-order valence-electron chi connectivity index (χ4n) is 1.73. The van der Waals surface area contributed by atoms with Crippen molar-refractivity contribution >= 4 is 27.3 Å². The number of hydrogen-bond donors (Lipinski definition) is 1. The van der Waals surface area contributed by atoms with Crippen LogP contribution in [0.5, 0.6) is 0 Å². The van der Waals surface area contributed by atoms with E-state index in [2.05, 4.69) is 26.2 Å². The molecule has 92 valence electrons. The van der Waals surface area contributed by atoms with Gasteiger partial charge in [0.25, 0.3) is 0 Å². The van der Waals surface area contributed by atoms with Crippen LogP contribution >= 0.6 is 15.9 Å². The van der Waals surface area contributed by atoms with Gasteiger partial charge in [0.05, 0.1) is 16.0 Å². The molecular formula is C10H12BrN3O3. The summed E-state index contributed by atoms with van der Waals surface area (Å²) in [6.45, 7) is 2.15. The van der Waals surface area contributed by atoms with E-state index in [4.69, 9.17) is 4.74 Å². The predicted octanol–water partition coefficient (Wildman–Crippen LogP) is 2.20. The van der Waals surface area contributed by atoms with Crippen molar-refractivity contribution in [1.29, 1.82) is 0 Å². The first-order chi connectivity index (χ1) is 8.18. The van der Waals surface area contributed by atoms with Crippen molar-refractivity contribution in [2.75, 3.05) is 25.1 Å². The first-order valence-electron chi connectivity index (χ1n) is 5.28. The molecule has 1 aromatic rings. The second-order valence-corrected chi connectivity index (χ2v) is 4.74. The molecule has 2 heterocycles. The highest BCUT2D eigenvalue weighted by atomic mass is 79.9. The molecule has 0 spiro atoms. The van der Waals surface area contributed by atoms with Gasteiger partial charge < -0.3 is 10.1 Å². The zero-order valence-electron chi connectivity index (χ0n) is 9.06. The lowest BCUT2D eigenvalue weighted by molar-refractivity contribution is -0.384. The van der Waals surface area contributed by atoms with Crippen molar-refractivity contribution in [3.63, 3.8) is 0 Å². The molecule has 1 aliphatic rings. The Bertz CT molecular complexity index is 421. The smallest absolute Gasteiger partial charge is 0.311 e. The fraction of sp³-hybridized carbons (Fsp3) is 0.500. The molecule has 0 radical (unpaired) electrons. The standard InChI is InChI=1S/C10H12BrN3O3/c11-8-4-12-5-9(14(15)16)10(8)13-3-7-1-2-17-6-7/h4-5,7H,1-3,6H2,(H,12,13). The molecule has 1 N–H and O–H groups in total. The van der Waals surface area contributed by atoms with Crippen LogP contribution in [-0.2, 0) is 4.74 Å². The van der Waals surface area contributed by atoms with Crippen LogP contribution in [0, 0.1) is 16.0 Å². The molecule has 1 aliphatic heterocycles. The van der Waals surface area contributed by atoms with E-state index in [0.29, 0.717) is 29.2 Å². The van der Waals surface area contributed by atoms with E-state index in [1.54, 1.807) is 6.20 Å². The second-order valence-electron chi connectivity index (χ2n) is 3.88. The lowest BCUT2D eigenvalue weighted by Crippen LogP contribution is -2.15. The number of anilines is 1. The first kappa shape index (κ1) is 12.3. The topological polar surface area (TPSA) is 77.3 Å². The van der Waals surface area contributed by atoms with Crippen molar-refractivity contribution in [1.82, 2.24) is 4.98 Å². The molecule has 1 unspecified atom stereocenters. The summed E-state index contributed by atoms with van der Waals surface area (Å²) in [5.41, 5.74) is 0.468. The lowest BCUT2D eigenvalue weighted by atomic mass is 10.1. The maximum Gasteiger partial charge on any atom is 0.311 e. The van der Waals surface area contributed by atoms with Gasteiger partial charge >= 0.3 is 5.69 Å². The van der Waals surface area contributed by atoms with E-state index in [1.165, 1.54) is 6.20 Å². The fourth-order valence-corrected chi connectivity index (χ4v) is 2.19. The van der Waals surface area contributed by atoms with Crippen LogP contribution in [-0.4, -0.2) is 29.7 Å². The molecule has 0 saturated carbocycles. The van der Waals surface area contributed by atoms with E-state index < -0.39 is 4.92 Å². The number of nitrogens with zero attached hydrogens (tertiary/aromatic N) is 2. The molecule has 1 saturated heterocycles. The Morgan fingerprint density at radius 3 is 3.12 bits per heavy atom. The molecule has 0 bridgehead atoms.